The molecule has 0 aromatic rings. The molecule has 0 spiro atoms. The number of likely N-dealkylation sites (tertiary alicyclic amines) is 1. The van der Waals surface area contributed by atoms with E-state index in [4.69, 9.17) is 4.74 Å². The highest BCUT2D eigenvalue weighted by molar-refractivity contribution is 5.81. The molecule has 3 saturated carbocycles. The Bertz CT molecular complexity index is 435. The van der Waals surface area contributed by atoms with Gasteiger partial charge in [-0.05, 0) is 57.3 Å². The fraction of sp³-hybridized carbons (Fsp3) is 0.952. The van der Waals surface area contributed by atoms with Crippen molar-refractivity contribution >= 4 is 5.97 Å². The van der Waals surface area contributed by atoms with E-state index in [0.29, 0.717) is 18.7 Å². The Balaban J connectivity index is 1.70. The normalized spacial score (nSPS) is 39.0. The van der Waals surface area contributed by atoms with Gasteiger partial charge in [-0.15, -0.1) is 0 Å². The number of rotatable bonds is 3. The summed E-state index contributed by atoms with van der Waals surface area (Å²) < 4.78 is 5.68. The number of hydrogen-bond donors (Lipinski definition) is 0. The van der Waals surface area contributed by atoms with Crippen LogP contribution in [0.5, 0.6) is 0 Å². The predicted octanol–water partition coefficient (Wildman–Crippen LogP) is 4.69. The summed E-state index contributed by atoms with van der Waals surface area (Å²) in [5.41, 5.74) is -0.286. The molecule has 1 aliphatic heterocycles. The van der Waals surface area contributed by atoms with E-state index in [-0.39, 0.29) is 11.5 Å². The molecule has 3 nitrogen and oxygen atoms in total. The average Bonchev–Trinajstić information content (AvgIpc) is 2.97. The summed E-state index contributed by atoms with van der Waals surface area (Å²) in [6.45, 7) is 2.49. The molecular weight excluding hydrogens is 298 g/mol. The number of hydrogen-bond acceptors (Lipinski definition) is 3. The van der Waals surface area contributed by atoms with Crippen LogP contribution in [0.3, 0.4) is 0 Å². The second-order valence-electron chi connectivity index (χ2n) is 8.75. The van der Waals surface area contributed by atoms with Gasteiger partial charge in [-0.1, -0.05) is 44.9 Å². The molecule has 0 amide bonds. The van der Waals surface area contributed by atoms with Gasteiger partial charge >= 0.3 is 5.97 Å². The van der Waals surface area contributed by atoms with Crippen molar-refractivity contribution in [3.8, 4) is 0 Å². The number of esters is 1. The summed E-state index contributed by atoms with van der Waals surface area (Å²) in [4.78, 5) is 16.0. The van der Waals surface area contributed by atoms with Crippen molar-refractivity contribution in [1.29, 1.82) is 0 Å². The van der Waals surface area contributed by atoms with Gasteiger partial charge in [0, 0.05) is 12.1 Å². The van der Waals surface area contributed by atoms with Gasteiger partial charge in [0.2, 0.25) is 0 Å². The van der Waals surface area contributed by atoms with Crippen LogP contribution in [-0.2, 0) is 9.53 Å². The number of nitrogens with zero attached hydrogens (tertiary/aromatic N) is 1. The van der Waals surface area contributed by atoms with E-state index in [1.165, 1.54) is 70.6 Å². The zero-order valence-electron chi connectivity index (χ0n) is 15.5. The Morgan fingerprint density at radius 2 is 1.42 bits per heavy atom. The highest BCUT2D eigenvalue weighted by Crippen LogP contribution is 2.54. The van der Waals surface area contributed by atoms with Gasteiger partial charge in [0.05, 0.1) is 6.61 Å². The first-order valence-corrected chi connectivity index (χ1v) is 10.7. The fourth-order valence-electron chi connectivity index (χ4n) is 6.82. The third kappa shape index (κ3) is 2.62. The summed E-state index contributed by atoms with van der Waals surface area (Å²) in [5, 5.41) is 0. The zero-order chi connectivity index (χ0) is 16.6. The molecule has 0 aromatic carbocycles. The largest absolute Gasteiger partial charge is 0.465 e. The maximum atomic E-state index is 13.2. The Morgan fingerprint density at radius 1 is 0.875 bits per heavy atom. The van der Waals surface area contributed by atoms with E-state index in [2.05, 4.69) is 4.90 Å². The molecule has 1 saturated heterocycles. The lowest BCUT2D eigenvalue weighted by molar-refractivity contribution is -0.165. The quantitative estimate of drug-likeness (QED) is 0.702. The van der Waals surface area contributed by atoms with E-state index >= 15 is 0 Å². The first kappa shape index (κ1) is 16.9. The molecule has 24 heavy (non-hydrogen) atoms. The standard InChI is InChI=1S/C21H35NO2/c1-2-24-20(23)21(14-8-3-9-15-21)22-18-12-6-4-10-16(18)17-11-5-7-13-19(17)22/h16-19H,2-15H2,1H3. The van der Waals surface area contributed by atoms with E-state index in [0.717, 1.165) is 24.7 Å². The monoisotopic (exact) mass is 333 g/mol. The van der Waals surface area contributed by atoms with Gasteiger partial charge in [-0.2, -0.15) is 0 Å². The molecular formula is C21H35NO2. The van der Waals surface area contributed by atoms with Crippen LogP contribution < -0.4 is 0 Å². The van der Waals surface area contributed by atoms with Crippen LogP contribution in [0.25, 0.3) is 0 Å². The minimum Gasteiger partial charge on any atom is -0.465 e. The molecule has 4 unspecified atom stereocenters. The van der Waals surface area contributed by atoms with Crippen molar-refractivity contribution in [2.45, 2.75) is 108 Å². The summed E-state index contributed by atoms with van der Waals surface area (Å²) in [6.07, 6.45) is 16.7. The number of fused-ring (bicyclic) bond motifs is 3. The van der Waals surface area contributed by atoms with E-state index < -0.39 is 0 Å². The maximum absolute atomic E-state index is 13.2. The lowest BCUT2D eigenvalue weighted by Gasteiger charge is -2.49. The fourth-order valence-corrected chi connectivity index (χ4v) is 6.82. The molecule has 0 aromatic heterocycles. The van der Waals surface area contributed by atoms with Crippen LogP contribution in [-0.4, -0.2) is 35.1 Å². The van der Waals surface area contributed by atoms with Crippen molar-refractivity contribution < 1.29 is 9.53 Å². The van der Waals surface area contributed by atoms with Crippen molar-refractivity contribution in [2.24, 2.45) is 11.8 Å². The summed E-state index contributed by atoms with van der Waals surface area (Å²) >= 11 is 0. The second-order valence-corrected chi connectivity index (χ2v) is 8.75. The second kappa shape index (κ2) is 6.97. The summed E-state index contributed by atoms with van der Waals surface area (Å²) in [6, 6.07) is 1.32. The SMILES string of the molecule is CCOC(=O)C1(N2C3CCCCC3C3CCCCC32)CCCCC1. The topological polar surface area (TPSA) is 29.5 Å². The Kier molecular flexibility index (Phi) is 4.90. The van der Waals surface area contributed by atoms with Crippen molar-refractivity contribution in [3.63, 3.8) is 0 Å². The Morgan fingerprint density at radius 3 is 1.96 bits per heavy atom. The van der Waals surface area contributed by atoms with E-state index in [1.807, 2.05) is 6.92 Å². The number of carbonyl (C=O) groups excluding carboxylic acids is 1. The maximum Gasteiger partial charge on any atom is 0.326 e. The lowest BCUT2D eigenvalue weighted by atomic mass is 9.73. The molecule has 3 aliphatic carbocycles. The van der Waals surface area contributed by atoms with Gasteiger partial charge in [0.25, 0.3) is 0 Å². The van der Waals surface area contributed by atoms with E-state index in [9.17, 15) is 4.79 Å². The molecule has 0 radical (unpaired) electrons. The molecule has 3 heteroatoms. The highest BCUT2D eigenvalue weighted by atomic mass is 16.5. The molecule has 4 aliphatic rings. The first-order valence-electron chi connectivity index (χ1n) is 10.7. The molecule has 1 heterocycles. The third-order valence-electron chi connectivity index (χ3n) is 7.66. The minimum atomic E-state index is -0.286. The van der Waals surface area contributed by atoms with Crippen molar-refractivity contribution in [1.82, 2.24) is 4.90 Å². The van der Waals surface area contributed by atoms with Gasteiger partial charge < -0.3 is 4.74 Å². The molecule has 0 bridgehead atoms. The van der Waals surface area contributed by atoms with Crippen LogP contribution in [0.1, 0.15) is 90.4 Å². The van der Waals surface area contributed by atoms with Crippen LogP contribution in [0.4, 0.5) is 0 Å². The van der Waals surface area contributed by atoms with Crippen molar-refractivity contribution in [3.05, 3.63) is 0 Å². The van der Waals surface area contributed by atoms with Crippen LogP contribution in [0.15, 0.2) is 0 Å². The number of ether oxygens (including phenoxy) is 1. The molecule has 4 rings (SSSR count). The zero-order valence-corrected chi connectivity index (χ0v) is 15.5. The van der Waals surface area contributed by atoms with E-state index in [1.54, 1.807) is 0 Å². The van der Waals surface area contributed by atoms with Crippen LogP contribution >= 0.6 is 0 Å². The summed E-state index contributed by atoms with van der Waals surface area (Å²) in [7, 11) is 0. The third-order valence-corrected chi connectivity index (χ3v) is 7.66. The number of carbonyl (C=O) groups is 1. The predicted molar refractivity (Wildman–Crippen MR) is 95.8 cm³/mol. The average molecular weight is 334 g/mol. The van der Waals surface area contributed by atoms with Crippen LogP contribution in [0, 0.1) is 11.8 Å². The van der Waals surface area contributed by atoms with Gasteiger partial charge in [0.1, 0.15) is 5.54 Å². The molecule has 4 fully saturated rings. The highest BCUT2D eigenvalue weighted by Gasteiger charge is 2.59. The Hall–Kier alpha value is -0.570. The lowest BCUT2D eigenvalue weighted by Crippen LogP contribution is -2.61. The molecule has 0 N–H and O–H groups in total. The van der Waals surface area contributed by atoms with Gasteiger partial charge in [-0.25, -0.2) is 0 Å². The molecule has 4 atom stereocenters. The van der Waals surface area contributed by atoms with Crippen LogP contribution in [0.2, 0.25) is 0 Å². The molecule has 136 valence electrons. The smallest absolute Gasteiger partial charge is 0.326 e. The Labute approximate surface area is 147 Å². The van der Waals surface area contributed by atoms with Gasteiger partial charge in [0.15, 0.2) is 0 Å². The summed E-state index contributed by atoms with van der Waals surface area (Å²) in [5.74, 6) is 1.83. The minimum absolute atomic E-state index is 0.111. The first-order chi connectivity index (χ1) is 11.8. The van der Waals surface area contributed by atoms with Gasteiger partial charge in [-0.3, -0.25) is 9.69 Å². The van der Waals surface area contributed by atoms with Crippen molar-refractivity contribution in [2.75, 3.05) is 6.61 Å².